The summed E-state index contributed by atoms with van der Waals surface area (Å²) in [5, 5.41) is 0. The lowest BCUT2D eigenvalue weighted by atomic mass is 9.54. The van der Waals surface area contributed by atoms with Gasteiger partial charge < -0.3 is 0 Å². The van der Waals surface area contributed by atoms with Crippen molar-refractivity contribution in [1.82, 2.24) is 0 Å². The van der Waals surface area contributed by atoms with Crippen LogP contribution in [0.25, 0.3) is 11.1 Å². The second-order valence-electron chi connectivity index (χ2n) is 9.36. The number of allylic oxidation sites excluding steroid dienone is 8. The molecule has 2 aromatic rings. The molecule has 4 aliphatic carbocycles. The molecular formula is C28H26. The van der Waals surface area contributed by atoms with Gasteiger partial charge in [0.2, 0.25) is 0 Å². The van der Waals surface area contributed by atoms with Gasteiger partial charge in [0.1, 0.15) is 0 Å². The molecule has 2 aromatic carbocycles. The number of hydrogen-bond donors (Lipinski definition) is 0. The zero-order valence-electron chi connectivity index (χ0n) is 16.9. The van der Waals surface area contributed by atoms with Crippen LogP contribution in [0.4, 0.5) is 0 Å². The van der Waals surface area contributed by atoms with E-state index in [9.17, 15) is 0 Å². The highest BCUT2D eigenvalue weighted by atomic mass is 14.7. The van der Waals surface area contributed by atoms with Gasteiger partial charge in [-0.15, -0.1) is 0 Å². The van der Waals surface area contributed by atoms with Crippen LogP contribution in [0.1, 0.15) is 38.3 Å². The Kier molecular flexibility index (Phi) is 3.07. The fourth-order valence-corrected chi connectivity index (χ4v) is 7.08. The molecule has 0 heterocycles. The van der Waals surface area contributed by atoms with E-state index >= 15 is 0 Å². The molecule has 1 saturated carbocycles. The maximum absolute atomic E-state index is 2.57. The van der Waals surface area contributed by atoms with Crippen LogP contribution in [-0.4, -0.2) is 0 Å². The summed E-state index contributed by atoms with van der Waals surface area (Å²) in [6, 6.07) is 18.4. The highest BCUT2D eigenvalue weighted by Gasteiger charge is 2.67. The third kappa shape index (κ3) is 1.69. The molecule has 138 valence electrons. The van der Waals surface area contributed by atoms with Crippen molar-refractivity contribution in [3.8, 4) is 11.1 Å². The maximum atomic E-state index is 2.57. The summed E-state index contributed by atoms with van der Waals surface area (Å²) in [4.78, 5) is 0. The summed E-state index contributed by atoms with van der Waals surface area (Å²) >= 11 is 0. The predicted octanol–water partition coefficient (Wildman–Crippen LogP) is 7.00. The monoisotopic (exact) mass is 362 g/mol. The zero-order chi connectivity index (χ0) is 19.1. The van der Waals surface area contributed by atoms with Crippen LogP contribution >= 0.6 is 0 Å². The standard InChI is InChI=1S/C28H26/c1-18-12-14-22-23-15-13-19(2)17-27(23,3)28(26(22)16-18)24-10-6-4-8-20(24)21-9-5-7-11-25(21)28/h4-16,22,26H,17H2,1-3H3/t22?,26-,27?/m1/s1. The van der Waals surface area contributed by atoms with E-state index < -0.39 is 0 Å². The Morgan fingerprint density at radius 2 is 1.50 bits per heavy atom. The molecule has 0 nitrogen and oxygen atoms in total. The Balaban J connectivity index is 1.78. The Morgan fingerprint density at radius 1 is 0.857 bits per heavy atom. The van der Waals surface area contributed by atoms with E-state index in [1.165, 1.54) is 33.4 Å². The zero-order valence-corrected chi connectivity index (χ0v) is 16.9. The van der Waals surface area contributed by atoms with Crippen molar-refractivity contribution in [3.63, 3.8) is 0 Å². The van der Waals surface area contributed by atoms with E-state index in [4.69, 9.17) is 0 Å². The van der Waals surface area contributed by atoms with E-state index in [-0.39, 0.29) is 10.8 Å². The average Bonchev–Trinajstić information content (AvgIpc) is 3.11. The van der Waals surface area contributed by atoms with Gasteiger partial charge in [0, 0.05) is 22.7 Å². The molecule has 0 saturated heterocycles. The lowest BCUT2D eigenvalue weighted by molar-refractivity contribution is 0.228. The first-order valence-electron chi connectivity index (χ1n) is 10.5. The van der Waals surface area contributed by atoms with Crippen LogP contribution in [0.2, 0.25) is 0 Å². The van der Waals surface area contributed by atoms with Crippen LogP contribution < -0.4 is 0 Å². The number of fused-ring (bicyclic) bond motifs is 10. The third-order valence-electron chi connectivity index (χ3n) is 7.94. The predicted molar refractivity (Wildman–Crippen MR) is 117 cm³/mol. The van der Waals surface area contributed by atoms with Crippen molar-refractivity contribution < 1.29 is 0 Å². The molecule has 0 radical (unpaired) electrons. The molecule has 28 heavy (non-hydrogen) atoms. The Labute approximate surface area is 168 Å². The summed E-state index contributed by atoms with van der Waals surface area (Å²) in [5.74, 6) is 0.954. The molecule has 2 unspecified atom stereocenters. The summed E-state index contributed by atoms with van der Waals surface area (Å²) < 4.78 is 0. The first-order valence-corrected chi connectivity index (χ1v) is 10.5. The van der Waals surface area contributed by atoms with Gasteiger partial charge in [-0.3, -0.25) is 0 Å². The van der Waals surface area contributed by atoms with E-state index in [2.05, 4.69) is 99.7 Å². The Morgan fingerprint density at radius 3 is 2.18 bits per heavy atom. The Hall–Kier alpha value is -2.60. The van der Waals surface area contributed by atoms with Crippen LogP contribution in [0.15, 0.2) is 95.6 Å². The minimum absolute atomic E-state index is 0.00176. The molecule has 0 heteroatoms. The van der Waals surface area contributed by atoms with E-state index in [0.717, 1.165) is 6.42 Å². The number of hydrogen-bond acceptors (Lipinski definition) is 0. The molecule has 1 spiro atoms. The average molecular weight is 363 g/mol. The van der Waals surface area contributed by atoms with Gasteiger partial charge >= 0.3 is 0 Å². The fraction of sp³-hybridized carbons (Fsp3) is 0.286. The van der Waals surface area contributed by atoms with Gasteiger partial charge in [-0.25, -0.2) is 0 Å². The molecule has 0 N–H and O–H groups in total. The fourth-order valence-electron chi connectivity index (χ4n) is 7.08. The minimum atomic E-state index is -0.00176. The largest absolute Gasteiger partial charge is 0.0764 e. The smallest absolute Gasteiger partial charge is 0.0380 e. The van der Waals surface area contributed by atoms with Gasteiger partial charge in [0.15, 0.2) is 0 Å². The van der Waals surface area contributed by atoms with Crippen LogP contribution in [-0.2, 0) is 5.41 Å². The molecule has 6 rings (SSSR count). The molecule has 0 aromatic heterocycles. The van der Waals surface area contributed by atoms with E-state index in [1.54, 1.807) is 5.57 Å². The maximum Gasteiger partial charge on any atom is 0.0380 e. The topological polar surface area (TPSA) is 0 Å². The van der Waals surface area contributed by atoms with Gasteiger partial charge in [-0.2, -0.15) is 0 Å². The molecule has 1 fully saturated rings. The molecule has 3 atom stereocenters. The van der Waals surface area contributed by atoms with E-state index in [0.29, 0.717) is 11.8 Å². The first-order chi connectivity index (χ1) is 13.6. The van der Waals surface area contributed by atoms with E-state index in [1.807, 2.05) is 0 Å². The molecule has 0 bridgehead atoms. The van der Waals surface area contributed by atoms with Gasteiger partial charge in [0.25, 0.3) is 0 Å². The van der Waals surface area contributed by atoms with Gasteiger partial charge in [0.05, 0.1) is 0 Å². The lowest BCUT2D eigenvalue weighted by Gasteiger charge is -2.47. The lowest BCUT2D eigenvalue weighted by Crippen LogP contribution is -2.44. The molecule has 0 aliphatic heterocycles. The van der Waals surface area contributed by atoms with Crippen molar-refractivity contribution >= 4 is 0 Å². The minimum Gasteiger partial charge on any atom is -0.0764 e. The van der Waals surface area contributed by atoms with Crippen LogP contribution in [0.3, 0.4) is 0 Å². The first kappa shape index (κ1) is 16.4. The third-order valence-corrected chi connectivity index (χ3v) is 7.94. The highest BCUT2D eigenvalue weighted by Crippen LogP contribution is 2.73. The second kappa shape index (κ2) is 5.26. The normalized spacial score (nSPS) is 30.8. The SMILES string of the molecule is CC1=C[C@@H]2C(C=C1)C1=CC=C(C)CC1(C)C21c2ccccc2-c2ccccc21. The van der Waals surface area contributed by atoms with Gasteiger partial charge in [-0.1, -0.05) is 103 Å². The van der Waals surface area contributed by atoms with Crippen LogP contribution in [0, 0.1) is 17.3 Å². The summed E-state index contributed by atoms with van der Waals surface area (Å²) in [6.07, 6.45) is 13.3. The summed E-state index contributed by atoms with van der Waals surface area (Å²) in [7, 11) is 0. The quantitative estimate of drug-likeness (QED) is 0.473. The van der Waals surface area contributed by atoms with Gasteiger partial charge in [-0.05, 0) is 42.5 Å². The molecular weight excluding hydrogens is 336 g/mol. The summed E-state index contributed by atoms with van der Waals surface area (Å²) in [6.45, 7) is 7.11. The number of benzene rings is 2. The highest BCUT2D eigenvalue weighted by molar-refractivity contribution is 5.84. The van der Waals surface area contributed by atoms with Crippen molar-refractivity contribution in [1.29, 1.82) is 0 Å². The van der Waals surface area contributed by atoms with Crippen molar-refractivity contribution in [2.24, 2.45) is 17.3 Å². The van der Waals surface area contributed by atoms with Crippen molar-refractivity contribution in [2.75, 3.05) is 0 Å². The van der Waals surface area contributed by atoms with Crippen molar-refractivity contribution in [2.45, 2.75) is 32.6 Å². The molecule has 0 amide bonds. The Bertz CT molecular complexity index is 1090. The number of rotatable bonds is 0. The molecule has 4 aliphatic rings. The second-order valence-corrected chi connectivity index (χ2v) is 9.36. The van der Waals surface area contributed by atoms with Crippen LogP contribution in [0.5, 0.6) is 0 Å². The summed E-state index contributed by atoms with van der Waals surface area (Å²) in [5.41, 5.74) is 10.5. The van der Waals surface area contributed by atoms with Crippen molar-refractivity contribution in [3.05, 3.63) is 107 Å².